The molecular formula is C2H3F3OTb. The fourth-order valence-corrected chi connectivity index (χ4v) is 0. The Balaban J connectivity index is 3.79. The van der Waals surface area contributed by atoms with Crippen molar-refractivity contribution in [3.05, 3.63) is 0 Å². The summed E-state index contributed by atoms with van der Waals surface area (Å²) in [5, 5.41) is 0. The summed E-state index contributed by atoms with van der Waals surface area (Å²) in [6.45, 7) is 0.569. The Kier molecular flexibility index (Phi) is 2.59. The van der Waals surface area contributed by atoms with E-state index in [1.807, 2.05) is 0 Å². The second-order valence-electron chi connectivity index (χ2n) is 0.771. The Morgan fingerprint density at radius 1 is 1.43 bits per heavy atom. The Morgan fingerprint density at radius 3 is 1.57 bits per heavy atom. The van der Waals surface area contributed by atoms with E-state index in [-0.39, 0.29) is 0 Å². The molecule has 1 nitrogen and oxygen atoms in total. The molecule has 0 fully saturated rings. The van der Waals surface area contributed by atoms with Crippen molar-refractivity contribution < 1.29 is 41.6 Å². The maximum atomic E-state index is 11.0. The predicted octanol–water partition coefficient (Wildman–Crippen LogP) is 1.34. The average molecular weight is 259 g/mol. The zero-order valence-electron chi connectivity index (χ0n) is 3.38. The molecule has 0 heterocycles. The number of hydrogen-bond acceptors (Lipinski definition) is 1. The van der Waals surface area contributed by atoms with Gasteiger partial charge in [-0.3, -0.25) is 0 Å². The molecule has 0 N–H and O–H groups in total. The van der Waals surface area contributed by atoms with E-state index in [0.717, 1.165) is 0 Å². The van der Waals surface area contributed by atoms with Crippen LogP contribution in [0.5, 0.6) is 0 Å². The van der Waals surface area contributed by atoms with Crippen LogP contribution in [0.25, 0.3) is 0 Å². The van der Waals surface area contributed by atoms with Crippen LogP contribution in [0.4, 0.5) is 3.80 Å². The molecule has 0 amide bonds. The minimum atomic E-state index is -6.31. The SMILES string of the molecule is C[C](=O)[Tb]([F])([F])[F]. The van der Waals surface area contributed by atoms with Crippen molar-refractivity contribution in [3.8, 4) is 0 Å². The normalized spacial score (nSPS) is 13.7. The fourth-order valence-electron chi connectivity index (χ4n) is 0. The Bertz CT molecular complexity index is 85.4. The molecule has 0 aromatic rings. The second-order valence-corrected chi connectivity index (χ2v) is 4.41. The second kappa shape index (κ2) is 2.34. The summed E-state index contributed by atoms with van der Waals surface area (Å²) < 4.78 is 31.5. The van der Waals surface area contributed by atoms with E-state index in [4.69, 9.17) is 0 Å². The van der Waals surface area contributed by atoms with Gasteiger partial charge in [0, 0.05) is 0 Å². The third kappa shape index (κ3) is 3.34. The first kappa shape index (κ1) is 7.75. The molecule has 5 heteroatoms. The minimum absolute atomic E-state index is 0.569. The van der Waals surface area contributed by atoms with Gasteiger partial charge in [0.2, 0.25) is 0 Å². The fraction of sp³-hybridized carbons (Fsp3) is 0.500. The molecule has 0 bridgehead atoms. The molecule has 0 aliphatic heterocycles. The quantitative estimate of drug-likeness (QED) is 0.694. The zero-order valence-corrected chi connectivity index (χ0v) is 5.51. The number of halogens is 3. The summed E-state index contributed by atoms with van der Waals surface area (Å²) in [6.07, 6.45) is 0. The van der Waals surface area contributed by atoms with E-state index >= 15 is 0 Å². The molecule has 0 atom stereocenters. The Labute approximate surface area is 50.0 Å². The molecule has 0 saturated carbocycles. The van der Waals surface area contributed by atoms with Crippen molar-refractivity contribution in [2.45, 2.75) is 6.92 Å². The molecule has 0 unspecified atom stereocenters. The maximum absolute atomic E-state index is 11.0. The molecule has 0 aromatic heterocycles. The van der Waals surface area contributed by atoms with E-state index in [1.165, 1.54) is 0 Å². The van der Waals surface area contributed by atoms with Crippen LogP contribution in [-0.2, 0) is 4.79 Å². The summed E-state index contributed by atoms with van der Waals surface area (Å²) in [7, 11) is 0. The monoisotopic (exact) mass is 259 g/mol. The molecule has 0 radical (unpaired) electrons. The van der Waals surface area contributed by atoms with E-state index < -0.39 is 34.8 Å². The van der Waals surface area contributed by atoms with E-state index in [1.54, 1.807) is 0 Å². The average Bonchev–Trinajstić information content (AvgIpc) is 1.31. The zero-order chi connectivity index (χ0) is 6.08. The van der Waals surface area contributed by atoms with Crippen LogP contribution in [0.1, 0.15) is 6.92 Å². The van der Waals surface area contributed by atoms with Gasteiger partial charge in [-0.1, -0.05) is 0 Å². The summed E-state index contributed by atoms with van der Waals surface area (Å²) in [6, 6.07) is 0. The van der Waals surface area contributed by atoms with Gasteiger partial charge >= 0.3 is 50.3 Å². The molecule has 47 valence electrons. The van der Waals surface area contributed by atoms with Gasteiger partial charge in [-0.2, -0.15) is 0 Å². The van der Waals surface area contributed by atoms with Gasteiger partial charge in [0.25, 0.3) is 0 Å². The van der Waals surface area contributed by atoms with E-state index in [2.05, 4.69) is 0 Å². The first-order valence-corrected chi connectivity index (χ1v) is 4.74. The molecule has 0 aliphatic carbocycles. The molecule has 0 aromatic carbocycles. The van der Waals surface area contributed by atoms with Gasteiger partial charge in [0.05, 0.1) is 0 Å². The van der Waals surface area contributed by atoms with E-state index in [0.29, 0.717) is 6.92 Å². The van der Waals surface area contributed by atoms with Gasteiger partial charge in [-0.25, -0.2) is 0 Å². The first-order valence-electron chi connectivity index (χ1n) is 1.25. The van der Waals surface area contributed by atoms with Crippen molar-refractivity contribution in [3.63, 3.8) is 0 Å². The predicted molar refractivity (Wildman–Crippen MR) is 14.0 cm³/mol. The third-order valence-corrected chi connectivity index (χ3v) is 1.97. The third-order valence-electron chi connectivity index (χ3n) is 0.266. The number of rotatable bonds is 1. The van der Waals surface area contributed by atoms with Crippen molar-refractivity contribution in [2.75, 3.05) is 0 Å². The first-order chi connectivity index (χ1) is 2.94. The Hall–Kier alpha value is 0.746. The number of carbonyl (C=O) groups excluding carboxylic acids is 1. The van der Waals surface area contributed by atoms with Crippen LogP contribution in [0.2, 0.25) is 0 Å². The van der Waals surface area contributed by atoms with Crippen molar-refractivity contribution in [1.29, 1.82) is 0 Å². The number of carbonyl (C=O) groups is 1. The molecule has 0 rings (SSSR count). The molecule has 0 saturated heterocycles. The number of hydrogen-bond donors (Lipinski definition) is 0. The van der Waals surface area contributed by atoms with Crippen molar-refractivity contribution in [1.82, 2.24) is 0 Å². The van der Waals surface area contributed by atoms with Crippen molar-refractivity contribution in [2.24, 2.45) is 0 Å². The van der Waals surface area contributed by atoms with Crippen LogP contribution < -0.4 is 0 Å². The van der Waals surface area contributed by atoms with Crippen LogP contribution in [0, 0.1) is 33.0 Å². The molecule has 0 spiro atoms. The topological polar surface area (TPSA) is 17.1 Å². The van der Waals surface area contributed by atoms with Crippen LogP contribution in [0.3, 0.4) is 0 Å². The molecule has 0 aliphatic rings. The van der Waals surface area contributed by atoms with Gasteiger partial charge in [0.1, 0.15) is 0 Å². The summed E-state index contributed by atoms with van der Waals surface area (Å²) in [5.74, 6) is 0. The van der Waals surface area contributed by atoms with Gasteiger partial charge < -0.3 is 0 Å². The standard InChI is InChI=1S/C2H3O.3FH.Tb/c1-2-3;;;;/h1H3;3*1H;/q;;;;+3/p-3. The van der Waals surface area contributed by atoms with Gasteiger partial charge in [-0.15, -0.1) is 0 Å². The molecule has 7 heavy (non-hydrogen) atoms. The summed E-state index contributed by atoms with van der Waals surface area (Å²) in [4.78, 5) is 9.42. The van der Waals surface area contributed by atoms with Crippen molar-refractivity contribution >= 4 is 1.75 Å². The van der Waals surface area contributed by atoms with Crippen LogP contribution in [0.15, 0.2) is 0 Å². The van der Waals surface area contributed by atoms with Crippen LogP contribution >= 0.6 is 0 Å². The summed E-state index contributed by atoms with van der Waals surface area (Å²) in [5.41, 5.74) is 0. The van der Waals surface area contributed by atoms with Crippen LogP contribution in [-0.4, -0.2) is 1.75 Å². The van der Waals surface area contributed by atoms with Gasteiger partial charge in [0.15, 0.2) is 0 Å². The Morgan fingerprint density at radius 2 is 1.57 bits per heavy atom. The summed E-state index contributed by atoms with van der Waals surface area (Å²) >= 11 is -6.31. The molecular weight excluding hydrogens is 256 g/mol. The van der Waals surface area contributed by atoms with Gasteiger partial charge in [-0.05, 0) is 0 Å². The van der Waals surface area contributed by atoms with E-state index in [9.17, 15) is 8.59 Å².